The van der Waals surface area contributed by atoms with Crippen molar-refractivity contribution < 1.29 is 14.2 Å². The first-order valence-corrected chi connectivity index (χ1v) is 7.99. The second kappa shape index (κ2) is 4.88. The van der Waals surface area contributed by atoms with Crippen LogP contribution in [0.3, 0.4) is 0 Å². The summed E-state index contributed by atoms with van der Waals surface area (Å²) >= 11 is 3.33. The highest BCUT2D eigenvalue weighted by Crippen LogP contribution is 2.43. The molecule has 0 saturated carbocycles. The Bertz CT molecular complexity index is 609. The molecule has 7 heteroatoms. The van der Waals surface area contributed by atoms with E-state index in [2.05, 4.69) is 21.0 Å². The minimum absolute atomic E-state index is 0.162. The number of aromatic hydroxyl groups is 1. The molecule has 1 unspecified atom stereocenters. The number of benzene rings is 1. The summed E-state index contributed by atoms with van der Waals surface area (Å²) in [7, 11) is -1.67. The summed E-state index contributed by atoms with van der Waals surface area (Å²) < 4.78 is 19.2. The molecule has 18 heavy (non-hydrogen) atoms. The highest BCUT2D eigenvalue weighted by molar-refractivity contribution is 9.10. The topological polar surface area (TPSA) is 64.3 Å². The minimum Gasteiger partial charge on any atom is -0.493 e. The van der Waals surface area contributed by atoms with Crippen LogP contribution in [0.2, 0.25) is 0 Å². The van der Waals surface area contributed by atoms with E-state index in [1.165, 1.54) is 24.7 Å². The van der Waals surface area contributed by atoms with E-state index in [4.69, 9.17) is 4.52 Å². The summed E-state index contributed by atoms with van der Waals surface area (Å²) in [6.07, 6.45) is 1.36. The summed E-state index contributed by atoms with van der Waals surface area (Å²) in [6.45, 7) is 1.44. The first kappa shape index (κ1) is 13.3. The van der Waals surface area contributed by atoms with Gasteiger partial charge >= 0.3 is 0 Å². The van der Waals surface area contributed by atoms with Crippen LogP contribution in [0.4, 0.5) is 0 Å². The Morgan fingerprint density at radius 2 is 2.00 bits per heavy atom. The molecule has 2 rings (SSSR count). The number of nitrogens with zero attached hydrogens (tertiary/aromatic N) is 2. The predicted molar refractivity (Wildman–Crippen MR) is 73.1 cm³/mol. The van der Waals surface area contributed by atoms with Crippen molar-refractivity contribution in [2.24, 2.45) is 0 Å². The van der Waals surface area contributed by atoms with Crippen molar-refractivity contribution in [2.75, 3.05) is 13.8 Å². The number of halogens is 1. The molecule has 0 saturated heterocycles. The summed E-state index contributed by atoms with van der Waals surface area (Å²) in [5.74, 6) is -0.162. The van der Waals surface area contributed by atoms with Gasteiger partial charge in [0.05, 0.1) is 11.9 Å². The van der Waals surface area contributed by atoms with Gasteiger partial charge in [-0.3, -0.25) is 4.57 Å². The Balaban J connectivity index is 2.49. The molecule has 0 amide bonds. The van der Waals surface area contributed by atoms with E-state index in [1.807, 2.05) is 12.1 Å². The first-order chi connectivity index (χ1) is 8.45. The van der Waals surface area contributed by atoms with E-state index >= 15 is 0 Å². The van der Waals surface area contributed by atoms with Crippen LogP contribution in [-0.2, 0) is 9.09 Å². The van der Waals surface area contributed by atoms with Gasteiger partial charge in [0.25, 0.3) is 0 Å². The van der Waals surface area contributed by atoms with E-state index in [1.54, 1.807) is 12.1 Å². The molecule has 0 spiro atoms. The molecule has 0 aliphatic heterocycles. The van der Waals surface area contributed by atoms with Crippen LogP contribution < -0.4 is 5.30 Å². The van der Waals surface area contributed by atoms with Crippen LogP contribution in [0.5, 0.6) is 5.88 Å². The summed E-state index contributed by atoms with van der Waals surface area (Å²) in [5, 5.41) is 14.3. The first-order valence-electron chi connectivity index (χ1n) is 5.12. The Kier molecular flexibility index (Phi) is 3.61. The fourth-order valence-corrected chi connectivity index (χ4v) is 2.67. The van der Waals surface area contributed by atoms with Crippen molar-refractivity contribution in [3.63, 3.8) is 0 Å². The largest absolute Gasteiger partial charge is 0.493 e. The molecule has 0 radical (unpaired) electrons. The molecule has 2 aromatic rings. The molecule has 1 aromatic carbocycles. The molecule has 1 aromatic heterocycles. The molecule has 1 N–H and O–H groups in total. The van der Waals surface area contributed by atoms with Crippen LogP contribution in [0.25, 0.3) is 5.69 Å². The average Bonchev–Trinajstić information content (AvgIpc) is 2.73. The molecule has 1 heterocycles. The molecule has 5 nitrogen and oxygen atoms in total. The Hall–Kier alpha value is -1.10. The fraction of sp³-hybridized carbons (Fsp3) is 0.182. The van der Waals surface area contributed by atoms with E-state index in [-0.39, 0.29) is 11.2 Å². The maximum Gasteiger partial charge on any atom is 0.235 e. The predicted octanol–water partition coefficient (Wildman–Crippen LogP) is 2.52. The number of hydrogen-bond acceptors (Lipinski definition) is 4. The van der Waals surface area contributed by atoms with Gasteiger partial charge in [0.2, 0.25) is 13.2 Å². The normalized spacial score (nSPS) is 14.4. The van der Waals surface area contributed by atoms with Crippen LogP contribution in [0.1, 0.15) is 0 Å². The van der Waals surface area contributed by atoms with Crippen LogP contribution in [0.15, 0.2) is 34.9 Å². The zero-order valence-electron chi connectivity index (χ0n) is 9.87. The van der Waals surface area contributed by atoms with Gasteiger partial charge in [0, 0.05) is 18.2 Å². The maximum atomic E-state index is 12.1. The third kappa shape index (κ3) is 2.36. The van der Waals surface area contributed by atoms with E-state index in [0.29, 0.717) is 5.69 Å². The van der Waals surface area contributed by atoms with Crippen molar-refractivity contribution in [2.45, 2.75) is 0 Å². The molecule has 0 aliphatic rings. The lowest BCUT2D eigenvalue weighted by Gasteiger charge is -2.09. The minimum atomic E-state index is -3.02. The highest BCUT2D eigenvalue weighted by Gasteiger charge is 2.26. The second-order valence-corrected chi connectivity index (χ2v) is 7.22. The standard InChI is InChI=1S/C11H12BrN2O3P/c1-17-18(2,16)10-7-13-14(11(10)15)9-5-3-8(12)4-6-9/h3-7,15H,1-2H3. The van der Waals surface area contributed by atoms with Crippen molar-refractivity contribution in [3.05, 3.63) is 34.9 Å². The fourth-order valence-electron chi connectivity index (χ4n) is 1.49. The number of rotatable bonds is 3. The van der Waals surface area contributed by atoms with Crippen molar-refractivity contribution in [3.8, 4) is 11.6 Å². The zero-order chi connectivity index (χ0) is 13.3. The van der Waals surface area contributed by atoms with Gasteiger partial charge in [0.15, 0.2) is 0 Å². The van der Waals surface area contributed by atoms with E-state index in [0.717, 1.165) is 4.47 Å². The summed E-state index contributed by atoms with van der Waals surface area (Å²) in [5.41, 5.74) is 0.679. The van der Waals surface area contributed by atoms with Gasteiger partial charge in [-0.05, 0) is 24.3 Å². The number of hydrogen-bond donors (Lipinski definition) is 1. The molecule has 1 atom stereocenters. The zero-order valence-corrected chi connectivity index (χ0v) is 12.4. The van der Waals surface area contributed by atoms with Crippen molar-refractivity contribution in [1.82, 2.24) is 9.78 Å². The van der Waals surface area contributed by atoms with Gasteiger partial charge in [-0.15, -0.1) is 0 Å². The monoisotopic (exact) mass is 330 g/mol. The van der Waals surface area contributed by atoms with E-state index < -0.39 is 7.37 Å². The lowest BCUT2D eigenvalue weighted by Crippen LogP contribution is -2.04. The Morgan fingerprint density at radius 3 is 2.56 bits per heavy atom. The van der Waals surface area contributed by atoms with Gasteiger partial charge < -0.3 is 9.63 Å². The van der Waals surface area contributed by atoms with Crippen LogP contribution >= 0.6 is 23.3 Å². The average molecular weight is 331 g/mol. The molecule has 0 aliphatic carbocycles. The molecular weight excluding hydrogens is 319 g/mol. The molecule has 0 bridgehead atoms. The lowest BCUT2D eigenvalue weighted by atomic mass is 10.3. The Labute approximate surface area is 113 Å². The van der Waals surface area contributed by atoms with Crippen molar-refractivity contribution >= 4 is 28.6 Å². The Morgan fingerprint density at radius 1 is 1.39 bits per heavy atom. The van der Waals surface area contributed by atoms with E-state index in [9.17, 15) is 9.67 Å². The lowest BCUT2D eigenvalue weighted by molar-refractivity contribution is 0.403. The second-order valence-electron chi connectivity index (χ2n) is 3.77. The third-order valence-corrected chi connectivity index (χ3v) is 5.00. The van der Waals surface area contributed by atoms with Gasteiger partial charge in [-0.25, -0.2) is 4.68 Å². The maximum absolute atomic E-state index is 12.1. The molecule has 0 fully saturated rings. The number of aromatic nitrogens is 2. The van der Waals surface area contributed by atoms with Gasteiger partial charge in [-0.2, -0.15) is 5.10 Å². The highest BCUT2D eigenvalue weighted by atomic mass is 79.9. The SMILES string of the molecule is COP(C)(=O)c1cnn(-c2ccc(Br)cc2)c1O. The smallest absolute Gasteiger partial charge is 0.235 e. The van der Waals surface area contributed by atoms with Gasteiger partial charge in [-0.1, -0.05) is 15.9 Å². The van der Waals surface area contributed by atoms with Gasteiger partial charge in [0.1, 0.15) is 5.30 Å². The third-order valence-electron chi connectivity index (χ3n) is 2.58. The summed E-state index contributed by atoms with van der Waals surface area (Å²) in [4.78, 5) is 0. The molecule has 96 valence electrons. The summed E-state index contributed by atoms with van der Waals surface area (Å²) in [6, 6.07) is 7.23. The quantitative estimate of drug-likeness (QED) is 0.878. The van der Waals surface area contributed by atoms with Crippen LogP contribution in [0, 0.1) is 0 Å². The van der Waals surface area contributed by atoms with Crippen LogP contribution in [-0.4, -0.2) is 28.7 Å². The molecular formula is C11H12BrN2O3P. The van der Waals surface area contributed by atoms with Crippen molar-refractivity contribution in [1.29, 1.82) is 0 Å².